The number of hydrogen-bond donors (Lipinski definition) is 3. The molecule has 0 saturated heterocycles. The first-order valence-corrected chi connectivity index (χ1v) is 15.2. The van der Waals surface area contributed by atoms with Gasteiger partial charge < -0.3 is 20.9 Å². The molecule has 1 amide bonds. The van der Waals surface area contributed by atoms with Gasteiger partial charge in [0.25, 0.3) is 5.91 Å². The SMILES string of the molecule is NC(=O)c1cc(Cl)ccc1Nc1cc(C(F)(F)F)cc(C(F)(F)F)c1.O=C(O)CCc1ccc(-c2ccccc2OC2=CCC=CC=C2)cc1. The molecule has 0 saturated carbocycles. The van der Waals surface area contributed by atoms with Gasteiger partial charge in [-0.05, 0) is 78.6 Å². The number of carboxylic acid groups (broad SMARTS) is 1. The second kappa shape index (κ2) is 16.3. The minimum absolute atomic E-state index is 0.00202. The van der Waals surface area contributed by atoms with Gasteiger partial charge in [-0.15, -0.1) is 0 Å². The van der Waals surface area contributed by atoms with Crippen LogP contribution in [0.15, 0.2) is 121 Å². The summed E-state index contributed by atoms with van der Waals surface area (Å²) < 4.78 is 83.2. The number of aryl methyl sites for hydroxylation is 1. The zero-order valence-corrected chi connectivity index (χ0v) is 26.7. The van der Waals surface area contributed by atoms with Crippen molar-refractivity contribution in [3.05, 3.63) is 148 Å². The normalized spacial score (nSPS) is 12.7. The minimum atomic E-state index is -4.98. The summed E-state index contributed by atoms with van der Waals surface area (Å²) in [6, 6.07) is 20.6. The van der Waals surface area contributed by atoms with Crippen molar-refractivity contribution in [1.29, 1.82) is 0 Å². The number of amides is 1. The monoisotopic (exact) mass is 714 g/mol. The Labute approximate surface area is 288 Å². The minimum Gasteiger partial charge on any atom is -0.481 e. The summed E-state index contributed by atoms with van der Waals surface area (Å²) in [6.45, 7) is 0. The Morgan fingerprint density at radius 1 is 0.860 bits per heavy atom. The highest BCUT2D eigenvalue weighted by molar-refractivity contribution is 6.31. The number of rotatable bonds is 9. The van der Waals surface area contributed by atoms with Crippen LogP contribution in [-0.2, 0) is 23.6 Å². The van der Waals surface area contributed by atoms with Crippen LogP contribution in [0.5, 0.6) is 5.75 Å². The van der Waals surface area contributed by atoms with Crippen LogP contribution >= 0.6 is 11.6 Å². The van der Waals surface area contributed by atoms with Crippen LogP contribution in [0, 0.1) is 0 Å². The number of para-hydroxylation sites is 1. The lowest BCUT2D eigenvalue weighted by molar-refractivity contribution is -0.143. The van der Waals surface area contributed by atoms with Gasteiger partial charge in [0.05, 0.1) is 22.4 Å². The van der Waals surface area contributed by atoms with Crippen LogP contribution in [-0.4, -0.2) is 17.0 Å². The third kappa shape index (κ3) is 10.8. The van der Waals surface area contributed by atoms with E-state index in [4.69, 9.17) is 27.2 Å². The number of carbonyl (C=O) groups excluding carboxylic acids is 1. The van der Waals surface area contributed by atoms with Crippen molar-refractivity contribution in [3.8, 4) is 16.9 Å². The maximum Gasteiger partial charge on any atom is 0.416 e. The highest BCUT2D eigenvalue weighted by atomic mass is 35.5. The molecule has 0 aromatic heterocycles. The number of carbonyl (C=O) groups is 2. The molecule has 5 rings (SSSR count). The number of benzene rings is 4. The molecule has 1 aliphatic carbocycles. The number of ether oxygens (including phenoxy) is 1. The largest absolute Gasteiger partial charge is 0.481 e. The number of halogens is 7. The first-order chi connectivity index (χ1) is 23.6. The first-order valence-electron chi connectivity index (χ1n) is 14.9. The number of nitrogens with one attached hydrogen (secondary N) is 1. The number of nitrogens with two attached hydrogens (primary N) is 1. The Morgan fingerprint density at radius 2 is 1.52 bits per heavy atom. The fraction of sp³-hybridized carbons (Fsp3) is 0.135. The van der Waals surface area contributed by atoms with Gasteiger partial charge in [-0.25, -0.2) is 0 Å². The Hall–Kier alpha value is -5.49. The Bertz CT molecular complexity index is 1900. The van der Waals surface area contributed by atoms with E-state index in [0.29, 0.717) is 18.6 Å². The standard InChI is InChI=1S/C22H20O3.C15H9ClF6N2O/c23-22(24)16-13-17-11-14-18(15-12-17)20-9-5-6-10-21(20)25-19-7-3-1-2-4-8-19;16-9-1-2-12(11(6-9)13(23)25)24-10-4-7(14(17,18)19)3-8(5-10)15(20,21)22/h1-3,5-12,14-15H,4,13,16H2,(H,23,24);1-6,24H,(H2,23,25). The molecule has 0 bridgehead atoms. The van der Waals surface area contributed by atoms with Gasteiger partial charge >= 0.3 is 18.3 Å². The van der Waals surface area contributed by atoms with Crippen LogP contribution < -0.4 is 15.8 Å². The van der Waals surface area contributed by atoms with Gasteiger partial charge in [0.1, 0.15) is 11.5 Å². The predicted octanol–water partition coefficient (Wildman–Crippen LogP) is 10.4. The molecule has 4 N–H and O–H groups in total. The number of primary amides is 1. The van der Waals surface area contributed by atoms with Crippen molar-refractivity contribution in [1.82, 2.24) is 0 Å². The molecule has 0 heterocycles. The molecule has 50 heavy (non-hydrogen) atoms. The summed E-state index contributed by atoms with van der Waals surface area (Å²) in [5, 5.41) is 11.3. The molecule has 0 atom stereocenters. The topological polar surface area (TPSA) is 102 Å². The van der Waals surface area contributed by atoms with Crippen LogP contribution in [0.1, 0.15) is 39.9 Å². The Morgan fingerprint density at radius 3 is 2.14 bits per heavy atom. The van der Waals surface area contributed by atoms with Crippen LogP contribution in [0.4, 0.5) is 37.7 Å². The molecule has 0 aliphatic heterocycles. The molecule has 4 aromatic carbocycles. The lowest BCUT2D eigenvalue weighted by Gasteiger charge is -2.16. The predicted molar refractivity (Wildman–Crippen MR) is 179 cm³/mol. The van der Waals surface area contributed by atoms with E-state index in [2.05, 4.69) is 11.4 Å². The maximum atomic E-state index is 12.8. The average molecular weight is 715 g/mol. The second-order valence-corrected chi connectivity index (χ2v) is 11.2. The summed E-state index contributed by atoms with van der Waals surface area (Å²) in [6.07, 6.45) is 1.63. The summed E-state index contributed by atoms with van der Waals surface area (Å²) in [7, 11) is 0. The van der Waals surface area contributed by atoms with E-state index in [9.17, 15) is 35.9 Å². The molecule has 13 heteroatoms. The third-order valence-electron chi connectivity index (χ3n) is 7.08. The zero-order valence-electron chi connectivity index (χ0n) is 26.0. The van der Waals surface area contributed by atoms with Crippen molar-refractivity contribution in [2.24, 2.45) is 5.73 Å². The van der Waals surface area contributed by atoms with Crippen molar-refractivity contribution in [2.45, 2.75) is 31.6 Å². The number of allylic oxidation sites excluding steroid dienone is 5. The third-order valence-corrected chi connectivity index (χ3v) is 7.32. The van der Waals surface area contributed by atoms with Gasteiger partial charge in [0, 0.05) is 22.7 Å². The number of hydrogen-bond acceptors (Lipinski definition) is 4. The van der Waals surface area contributed by atoms with E-state index in [1.165, 1.54) is 12.1 Å². The number of carboxylic acids is 1. The smallest absolute Gasteiger partial charge is 0.416 e. The number of anilines is 2. The van der Waals surface area contributed by atoms with Crippen molar-refractivity contribution < 1.29 is 45.8 Å². The van der Waals surface area contributed by atoms with Gasteiger partial charge in [-0.2, -0.15) is 26.3 Å². The summed E-state index contributed by atoms with van der Waals surface area (Å²) in [5.41, 5.74) is 4.47. The molecule has 0 fully saturated rings. The lowest BCUT2D eigenvalue weighted by atomic mass is 10.0. The van der Waals surface area contributed by atoms with E-state index in [1.807, 2.05) is 72.8 Å². The summed E-state index contributed by atoms with van der Waals surface area (Å²) in [5.74, 6) is -0.0934. The quantitative estimate of drug-likeness (QED) is 0.150. The van der Waals surface area contributed by atoms with Gasteiger partial charge in [0.15, 0.2) is 0 Å². The highest BCUT2D eigenvalue weighted by Gasteiger charge is 2.37. The van der Waals surface area contributed by atoms with Crippen molar-refractivity contribution >= 4 is 34.9 Å². The molecule has 260 valence electrons. The van der Waals surface area contributed by atoms with Gasteiger partial charge in [-0.3, -0.25) is 9.59 Å². The lowest BCUT2D eigenvalue weighted by Crippen LogP contribution is -2.14. The molecule has 0 radical (unpaired) electrons. The van der Waals surface area contributed by atoms with Crippen LogP contribution in [0.2, 0.25) is 5.02 Å². The second-order valence-electron chi connectivity index (χ2n) is 10.8. The van der Waals surface area contributed by atoms with Crippen LogP contribution in [0.25, 0.3) is 11.1 Å². The van der Waals surface area contributed by atoms with Crippen molar-refractivity contribution in [3.63, 3.8) is 0 Å². The van der Waals surface area contributed by atoms with E-state index < -0.39 is 41.0 Å². The molecular weight excluding hydrogens is 686 g/mol. The fourth-order valence-corrected chi connectivity index (χ4v) is 4.84. The Balaban J connectivity index is 0.000000225. The molecule has 1 aliphatic rings. The number of alkyl halides is 6. The van der Waals surface area contributed by atoms with E-state index >= 15 is 0 Å². The molecule has 4 aromatic rings. The van der Waals surface area contributed by atoms with E-state index in [0.717, 1.165) is 40.7 Å². The molecular formula is C37H29ClF6N2O4. The fourth-order valence-electron chi connectivity index (χ4n) is 4.67. The van der Waals surface area contributed by atoms with Crippen LogP contribution in [0.3, 0.4) is 0 Å². The summed E-state index contributed by atoms with van der Waals surface area (Å²) >= 11 is 5.70. The maximum absolute atomic E-state index is 12.8. The first kappa shape index (κ1) is 37.3. The van der Waals surface area contributed by atoms with Gasteiger partial charge in [0.2, 0.25) is 0 Å². The summed E-state index contributed by atoms with van der Waals surface area (Å²) in [4.78, 5) is 22.1. The number of aliphatic carboxylic acids is 1. The average Bonchev–Trinajstić information content (AvgIpc) is 3.33. The van der Waals surface area contributed by atoms with Gasteiger partial charge in [-0.1, -0.05) is 72.3 Å². The van der Waals surface area contributed by atoms with Crippen molar-refractivity contribution in [2.75, 3.05) is 5.32 Å². The molecule has 6 nitrogen and oxygen atoms in total. The molecule has 0 unspecified atom stereocenters. The van der Waals surface area contributed by atoms with E-state index in [1.54, 1.807) is 0 Å². The Kier molecular flexibility index (Phi) is 12.1. The van der Waals surface area contributed by atoms with E-state index in [-0.39, 0.29) is 28.8 Å². The molecule has 0 spiro atoms. The highest BCUT2D eigenvalue weighted by Crippen LogP contribution is 2.38. The zero-order chi connectivity index (χ0) is 36.5.